The summed E-state index contributed by atoms with van der Waals surface area (Å²) in [5.41, 5.74) is 1.99. The molecule has 2 N–H and O–H groups in total. The van der Waals surface area contributed by atoms with Gasteiger partial charge in [-0.05, 0) is 48.5 Å². The van der Waals surface area contributed by atoms with E-state index in [9.17, 15) is 5.11 Å². The molecule has 5 heteroatoms. The van der Waals surface area contributed by atoms with Crippen LogP contribution in [0.4, 0.5) is 0 Å². The lowest BCUT2D eigenvalue weighted by Crippen LogP contribution is -2.26. The van der Waals surface area contributed by atoms with E-state index < -0.39 is 6.23 Å². The third kappa shape index (κ3) is 5.00. The monoisotopic (exact) mass is 369 g/mol. The maximum atomic E-state index is 9.75. The number of nitrogens with one attached hydrogen (secondary N) is 1. The summed E-state index contributed by atoms with van der Waals surface area (Å²) in [6.07, 6.45) is -0.122. The van der Waals surface area contributed by atoms with Crippen molar-refractivity contribution < 1.29 is 9.84 Å². The van der Waals surface area contributed by atoms with E-state index in [1.807, 2.05) is 42.5 Å². The molecule has 0 saturated heterocycles. The van der Waals surface area contributed by atoms with Crippen molar-refractivity contribution in [1.82, 2.24) is 5.32 Å². The van der Waals surface area contributed by atoms with Crippen LogP contribution in [-0.4, -0.2) is 18.4 Å². The molecule has 1 unspecified atom stereocenters. The first-order chi connectivity index (χ1) is 10.1. The van der Waals surface area contributed by atoms with Crippen molar-refractivity contribution in [2.45, 2.75) is 19.3 Å². The summed E-state index contributed by atoms with van der Waals surface area (Å²) >= 11 is 9.30. The molecule has 0 spiro atoms. The minimum Gasteiger partial charge on any atom is -0.489 e. The predicted molar refractivity (Wildman–Crippen MR) is 88.7 cm³/mol. The van der Waals surface area contributed by atoms with Crippen LogP contribution in [0.25, 0.3) is 0 Å². The molecule has 0 aromatic heterocycles. The van der Waals surface area contributed by atoms with Gasteiger partial charge in [-0.1, -0.05) is 39.7 Å². The fraction of sp³-hybridized carbons (Fsp3) is 0.250. The summed E-state index contributed by atoms with van der Waals surface area (Å²) in [6, 6.07) is 13.3. The second-order valence-corrected chi connectivity index (χ2v) is 6.03. The molecule has 2 aromatic carbocycles. The first kappa shape index (κ1) is 16.3. The molecule has 0 aliphatic rings. The Morgan fingerprint density at radius 3 is 2.62 bits per heavy atom. The van der Waals surface area contributed by atoms with E-state index in [-0.39, 0.29) is 0 Å². The minimum atomic E-state index is -0.600. The molecule has 0 fully saturated rings. The lowest BCUT2D eigenvalue weighted by molar-refractivity contribution is 0.145. The van der Waals surface area contributed by atoms with E-state index in [0.29, 0.717) is 18.1 Å². The Labute approximate surface area is 138 Å². The van der Waals surface area contributed by atoms with Crippen LogP contribution < -0.4 is 10.1 Å². The number of benzene rings is 2. The molecule has 2 rings (SSSR count). The Kier molecular flexibility index (Phi) is 6.06. The van der Waals surface area contributed by atoms with Crippen molar-refractivity contribution in [2.24, 2.45) is 0 Å². The molecule has 1 atom stereocenters. The van der Waals surface area contributed by atoms with Crippen molar-refractivity contribution in [3.05, 3.63) is 63.1 Å². The number of rotatable bonds is 6. The Hall–Kier alpha value is -1.07. The zero-order valence-corrected chi connectivity index (χ0v) is 14.0. The number of ether oxygens (including phenoxy) is 1. The summed E-state index contributed by atoms with van der Waals surface area (Å²) in [7, 11) is 1.72. The van der Waals surface area contributed by atoms with Crippen LogP contribution in [-0.2, 0) is 13.0 Å². The molecule has 0 aliphatic heterocycles. The first-order valence-electron chi connectivity index (χ1n) is 6.59. The van der Waals surface area contributed by atoms with Crippen LogP contribution >= 0.6 is 27.5 Å². The Balaban J connectivity index is 2.09. The fourth-order valence-electron chi connectivity index (χ4n) is 1.90. The van der Waals surface area contributed by atoms with Gasteiger partial charge in [0.05, 0.1) is 0 Å². The molecule has 0 saturated carbocycles. The highest BCUT2D eigenvalue weighted by Gasteiger charge is 2.09. The Morgan fingerprint density at radius 1 is 1.24 bits per heavy atom. The van der Waals surface area contributed by atoms with Gasteiger partial charge in [-0.3, -0.25) is 5.32 Å². The molecule has 0 amide bonds. The largest absolute Gasteiger partial charge is 0.489 e. The van der Waals surface area contributed by atoms with E-state index in [1.165, 1.54) is 0 Å². The van der Waals surface area contributed by atoms with Gasteiger partial charge in [-0.25, -0.2) is 0 Å². The zero-order valence-electron chi connectivity index (χ0n) is 11.6. The standard InChI is InChI=1S/C16H17BrClNO2/c1-19-16(20)9-12-8-13(17)4-7-15(12)21-10-11-2-5-14(18)6-3-11/h2-8,16,19-20H,9-10H2,1H3. The third-order valence-corrected chi connectivity index (χ3v) is 3.82. The van der Waals surface area contributed by atoms with E-state index in [1.54, 1.807) is 7.05 Å². The molecule has 112 valence electrons. The van der Waals surface area contributed by atoms with Crippen LogP contribution in [0.1, 0.15) is 11.1 Å². The highest BCUT2D eigenvalue weighted by atomic mass is 79.9. The Bertz CT molecular complexity index is 589. The van der Waals surface area contributed by atoms with Gasteiger partial charge >= 0.3 is 0 Å². The van der Waals surface area contributed by atoms with Crippen LogP contribution in [0.5, 0.6) is 5.75 Å². The highest BCUT2D eigenvalue weighted by Crippen LogP contribution is 2.25. The zero-order chi connectivity index (χ0) is 15.2. The maximum Gasteiger partial charge on any atom is 0.123 e. The molecule has 0 radical (unpaired) electrons. The highest BCUT2D eigenvalue weighted by molar-refractivity contribution is 9.10. The Morgan fingerprint density at radius 2 is 1.95 bits per heavy atom. The lowest BCUT2D eigenvalue weighted by atomic mass is 10.1. The van der Waals surface area contributed by atoms with Gasteiger partial charge in [-0.2, -0.15) is 0 Å². The van der Waals surface area contributed by atoms with Crippen LogP contribution in [0.3, 0.4) is 0 Å². The van der Waals surface area contributed by atoms with Gasteiger partial charge in [-0.15, -0.1) is 0 Å². The van der Waals surface area contributed by atoms with Crippen molar-refractivity contribution in [3.8, 4) is 5.75 Å². The number of hydrogen-bond acceptors (Lipinski definition) is 3. The maximum absolute atomic E-state index is 9.75. The van der Waals surface area contributed by atoms with Gasteiger partial charge in [0.1, 0.15) is 18.6 Å². The van der Waals surface area contributed by atoms with Gasteiger partial charge in [0.25, 0.3) is 0 Å². The quantitative estimate of drug-likeness (QED) is 0.761. The van der Waals surface area contributed by atoms with Crippen molar-refractivity contribution >= 4 is 27.5 Å². The third-order valence-electron chi connectivity index (χ3n) is 3.08. The summed E-state index contributed by atoms with van der Waals surface area (Å²) in [5.74, 6) is 0.766. The van der Waals surface area contributed by atoms with Crippen LogP contribution in [0, 0.1) is 0 Å². The van der Waals surface area contributed by atoms with Gasteiger partial charge in [0.2, 0.25) is 0 Å². The molecule has 21 heavy (non-hydrogen) atoms. The minimum absolute atomic E-state index is 0.460. The van der Waals surface area contributed by atoms with Crippen molar-refractivity contribution in [2.75, 3.05) is 7.05 Å². The normalized spacial score (nSPS) is 12.2. The van der Waals surface area contributed by atoms with Crippen LogP contribution in [0.15, 0.2) is 46.9 Å². The van der Waals surface area contributed by atoms with Gasteiger partial charge < -0.3 is 9.84 Å². The van der Waals surface area contributed by atoms with E-state index in [4.69, 9.17) is 16.3 Å². The SMILES string of the molecule is CNC(O)Cc1cc(Br)ccc1OCc1ccc(Cl)cc1. The summed E-state index contributed by atoms with van der Waals surface area (Å²) in [6.45, 7) is 0.460. The van der Waals surface area contributed by atoms with Gasteiger partial charge in [0, 0.05) is 15.9 Å². The van der Waals surface area contributed by atoms with E-state index in [2.05, 4.69) is 21.2 Å². The molecular weight excluding hydrogens is 354 g/mol. The van der Waals surface area contributed by atoms with E-state index in [0.717, 1.165) is 21.3 Å². The number of hydrogen-bond donors (Lipinski definition) is 2. The van der Waals surface area contributed by atoms with Crippen LogP contribution in [0.2, 0.25) is 5.02 Å². The molecule has 0 bridgehead atoms. The molecule has 0 heterocycles. The average Bonchev–Trinajstić information content (AvgIpc) is 2.48. The fourth-order valence-corrected chi connectivity index (χ4v) is 2.43. The second-order valence-electron chi connectivity index (χ2n) is 4.68. The lowest BCUT2D eigenvalue weighted by Gasteiger charge is -2.15. The first-order valence-corrected chi connectivity index (χ1v) is 7.76. The number of likely N-dealkylation sites (N-methyl/N-ethyl adjacent to an activating group) is 1. The topological polar surface area (TPSA) is 41.5 Å². The number of aliphatic hydroxyl groups excluding tert-OH is 1. The molecule has 3 nitrogen and oxygen atoms in total. The average molecular weight is 371 g/mol. The van der Waals surface area contributed by atoms with Gasteiger partial charge in [0.15, 0.2) is 0 Å². The summed E-state index contributed by atoms with van der Waals surface area (Å²) in [4.78, 5) is 0. The molecular formula is C16H17BrClNO2. The number of aliphatic hydroxyl groups is 1. The summed E-state index contributed by atoms with van der Waals surface area (Å²) < 4.78 is 6.82. The summed E-state index contributed by atoms with van der Waals surface area (Å²) in [5, 5.41) is 13.3. The predicted octanol–water partition coefficient (Wildman–Crippen LogP) is 3.76. The van der Waals surface area contributed by atoms with E-state index >= 15 is 0 Å². The molecule has 0 aliphatic carbocycles. The molecule has 2 aromatic rings. The number of halogens is 2. The van der Waals surface area contributed by atoms with Crippen molar-refractivity contribution in [3.63, 3.8) is 0 Å². The van der Waals surface area contributed by atoms with Crippen molar-refractivity contribution in [1.29, 1.82) is 0 Å². The second kappa shape index (κ2) is 7.80. The smallest absolute Gasteiger partial charge is 0.123 e.